The Labute approximate surface area is 88.4 Å². The number of aliphatic hydroxyl groups is 1. The summed E-state index contributed by atoms with van der Waals surface area (Å²) in [5.41, 5.74) is 1.99. The third-order valence-electron chi connectivity index (χ3n) is 3.04. The van der Waals surface area contributed by atoms with Gasteiger partial charge in [0.1, 0.15) is 5.60 Å². The fourth-order valence-corrected chi connectivity index (χ4v) is 2.58. The van der Waals surface area contributed by atoms with Crippen molar-refractivity contribution in [2.75, 3.05) is 19.6 Å². The largest absolute Gasteiger partial charge is 0.383 e. The van der Waals surface area contributed by atoms with E-state index in [9.17, 15) is 5.11 Å². The second-order valence-corrected chi connectivity index (χ2v) is 4.56. The van der Waals surface area contributed by atoms with E-state index in [0.717, 1.165) is 38.2 Å². The lowest BCUT2D eigenvalue weighted by Gasteiger charge is -2.36. The standard InChI is InChI=1S/C10H16N2OS/c1-2-12-5-3-10(13,4-6-12)9-7-14-8-11-9/h7-8,13H,2-6H2,1H3. The highest BCUT2D eigenvalue weighted by Gasteiger charge is 2.34. The molecule has 0 radical (unpaired) electrons. The average molecular weight is 212 g/mol. The summed E-state index contributed by atoms with van der Waals surface area (Å²) < 4.78 is 0. The number of rotatable bonds is 2. The van der Waals surface area contributed by atoms with Gasteiger partial charge in [-0.1, -0.05) is 6.92 Å². The summed E-state index contributed by atoms with van der Waals surface area (Å²) in [5, 5.41) is 12.3. The second-order valence-electron chi connectivity index (χ2n) is 3.84. The Kier molecular flexibility index (Phi) is 2.85. The molecule has 14 heavy (non-hydrogen) atoms. The lowest BCUT2D eigenvalue weighted by Crippen LogP contribution is -2.42. The molecule has 3 nitrogen and oxygen atoms in total. The van der Waals surface area contributed by atoms with Gasteiger partial charge in [0.05, 0.1) is 11.2 Å². The minimum absolute atomic E-state index is 0.661. The molecule has 2 heterocycles. The van der Waals surface area contributed by atoms with Crippen LogP contribution in [0.1, 0.15) is 25.5 Å². The minimum atomic E-state index is -0.661. The Balaban J connectivity index is 2.06. The van der Waals surface area contributed by atoms with Crippen LogP contribution >= 0.6 is 11.3 Å². The summed E-state index contributed by atoms with van der Waals surface area (Å²) in [4.78, 5) is 6.57. The average Bonchev–Trinajstić information content (AvgIpc) is 2.72. The van der Waals surface area contributed by atoms with Crippen LogP contribution in [-0.4, -0.2) is 34.6 Å². The van der Waals surface area contributed by atoms with E-state index in [0.29, 0.717) is 0 Å². The highest BCUT2D eigenvalue weighted by Crippen LogP contribution is 2.32. The van der Waals surface area contributed by atoms with Crippen LogP contribution < -0.4 is 0 Å². The minimum Gasteiger partial charge on any atom is -0.383 e. The summed E-state index contributed by atoms with van der Waals surface area (Å²) in [6, 6.07) is 0. The zero-order valence-electron chi connectivity index (χ0n) is 8.44. The molecule has 0 unspecified atom stereocenters. The molecule has 1 aliphatic rings. The smallest absolute Gasteiger partial charge is 0.110 e. The van der Waals surface area contributed by atoms with Gasteiger partial charge in [-0.15, -0.1) is 11.3 Å². The van der Waals surface area contributed by atoms with E-state index in [1.54, 1.807) is 16.8 Å². The van der Waals surface area contributed by atoms with Crippen molar-refractivity contribution < 1.29 is 5.11 Å². The number of piperidine rings is 1. The van der Waals surface area contributed by atoms with Crippen molar-refractivity contribution in [3.8, 4) is 0 Å². The molecule has 0 saturated carbocycles. The number of thiazole rings is 1. The van der Waals surface area contributed by atoms with Crippen molar-refractivity contribution in [3.05, 3.63) is 16.6 Å². The van der Waals surface area contributed by atoms with Crippen molar-refractivity contribution in [1.82, 2.24) is 9.88 Å². The maximum absolute atomic E-state index is 10.4. The van der Waals surface area contributed by atoms with Crippen molar-refractivity contribution in [2.45, 2.75) is 25.4 Å². The Morgan fingerprint density at radius 3 is 2.79 bits per heavy atom. The van der Waals surface area contributed by atoms with E-state index in [1.807, 2.05) is 5.38 Å². The molecule has 1 aromatic rings. The summed E-state index contributed by atoms with van der Waals surface area (Å²) >= 11 is 1.55. The van der Waals surface area contributed by atoms with Gasteiger partial charge in [0.2, 0.25) is 0 Å². The van der Waals surface area contributed by atoms with Crippen LogP contribution in [0.5, 0.6) is 0 Å². The quantitative estimate of drug-likeness (QED) is 0.806. The molecule has 1 N–H and O–H groups in total. The van der Waals surface area contributed by atoms with E-state index in [1.165, 1.54) is 0 Å². The topological polar surface area (TPSA) is 36.4 Å². The van der Waals surface area contributed by atoms with E-state index < -0.39 is 5.60 Å². The normalized spacial score (nSPS) is 22.4. The predicted molar refractivity (Wildman–Crippen MR) is 57.4 cm³/mol. The Morgan fingerprint density at radius 2 is 2.29 bits per heavy atom. The van der Waals surface area contributed by atoms with E-state index in [2.05, 4.69) is 16.8 Å². The highest BCUT2D eigenvalue weighted by atomic mass is 32.1. The SMILES string of the molecule is CCN1CCC(O)(c2cscn2)CC1. The van der Waals surface area contributed by atoms with Gasteiger partial charge in [0.15, 0.2) is 0 Å². The molecule has 1 fully saturated rings. The van der Waals surface area contributed by atoms with Crippen LogP contribution in [0, 0.1) is 0 Å². The first-order valence-corrected chi connectivity index (χ1v) is 6.02. The Morgan fingerprint density at radius 1 is 1.57 bits per heavy atom. The van der Waals surface area contributed by atoms with Gasteiger partial charge in [-0.2, -0.15) is 0 Å². The molecule has 0 spiro atoms. The molecule has 2 rings (SSSR count). The van der Waals surface area contributed by atoms with Crippen LogP contribution in [0.15, 0.2) is 10.9 Å². The summed E-state index contributed by atoms with van der Waals surface area (Å²) in [5.74, 6) is 0. The monoisotopic (exact) mass is 212 g/mol. The van der Waals surface area contributed by atoms with Crippen molar-refractivity contribution in [3.63, 3.8) is 0 Å². The number of hydrogen-bond acceptors (Lipinski definition) is 4. The second kappa shape index (κ2) is 3.96. The predicted octanol–water partition coefficient (Wildman–Crippen LogP) is 1.45. The zero-order valence-corrected chi connectivity index (χ0v) is 9.26. The molecule has 0 amide bonds. The number of likely N-dealkylation sites (tertiary alicyclic amines) is 1. The number of nitrogens with zero attached hydrogens (tertiary/aromatic N) is 2. The van der Waals surface area contributed by atoms with Gasteiger partial charge in [-0.25, -0.2) is 4.98 Å². The summed E-state index contributed by atoms with van der Waals surface area (Å²) in [6.45, 7) is 5.19. The third-order valence-corrected chi connectivity index (χ3v) is 3.63. The van der Waals surface area contributed by atoms with Crippen LogP contribution in [0.25, 0.3) is 0 Å². The van der Waals surface area contributed by atoms with Crippen molar-refractivity contribution in [2.24, 2.45) is 0 Å². The van der Waals surface area contributed by atoms with E-state index in [-0.39, 0.29) is 0 Å². The van der Waals surface area contributed by atoms with Gasteiger partial charge in [-0.05, 0) is 19.4 Å². The molecule has 4 heteroatoms. The van der Waals surface area contributed by atoms with Gasteiger partial charge >= 0.3 is 0 Å². The first kappa shape index (κ1) is 10.1. The van der Waals surface area contributed by atoms with Gasteiger partial charge in [0, 0.05) is 18.5 Å². The molecule has 1 aromatic heterocycles. The van der Waals surface area contributed by atoms with Crippen LogP contribution in [0.2, 0.25) is 0 Å². The number of aromatic nitrogens is 1. The van der Waals surface area contributed by atoms with Crippen molar-refractivity contribution in [1.29, 1.82) is 0 Å². The maximum atomic E-state index is 10.4. The molecular formula is C10H16N2OS. The molecule has 0 aliphatic carbocycles. The molecule has 0 atom stereocenters. The van der Waals surface area contributed by atoms with E-state index >= 15 is 0 Å². The zero-order chi connectivity index (χ0) is 10.0. The number of hydrogen-bond donors (Lipinski definition) is 1. The lowest BCUT2D eigenvalue weighted by atomic mass is 9.89. The molecule has 0 aromatic carbocycles. The molecule has 78 valence electrons. The third kappa shape index (κ3) is 1.82. The Hall–Kier alpha value is -0.450. The van der Waals surface area contributed by atoms with Crippen LogP contribution in [0.4, 0.5) is 0 Å². The molecule has 1 aliphatic heterocycles. The van der Waals surface area contributed by atoms with Gasteiger partial charge in [-0.3, -0.25) is 0 Å². The van der Waals surface area contributed by atoms with Crippen LogP contribution in [0.3, 0.4) is 0 Å². The Bertz CT molecular complexity index is 278. The first-order valence-electron chi connectivity index (χ1n) is 5.08. The molecular weight excluding hydrogens is 196 g/mol. The summed E-state index contributed by atoms with van der Waals surface area (Å²) in [7, 11) is 0. The highest BCUT2D eigenvalue weighted by molar-refractivity contribution is 7.07. The van der Waals surface area contributed by atoms with E-state index in [4.69, 9.17) is 0 Å². The lowest BCUT2D eigenvalue weighted by molar-refractivity contribution is -0.0276. The molecule has 0 bridgehead atoms. The fraction of sp³-hybridized carbons (Fsp3) is 0.700. The van der Waals surface area contributed by atoms with Gasteiger partial charge < -0.3 is 10.0 Å². The first-order chi connectivity index (χ1) is 6.74. The van der Waals surface area contributed by atoms with Crippen LogP contribution in [-0.2, 0) is 5.60 Å². The molecule has 1 saturated heterocycles. The summed E-state index contributed by atoms with van der Waals surface area (Å²) in [6.07, 6.45) is 1.62. The maximum Gasteiger partial charge on any atom is 0.110 e. The van der Waals surface area contributed by atoms with Gasteiger partial charge in [0.25, 0.3) is 0 Å². The fourth-order valence-electron chi connectivity index (χ4n) is 1.94. The van der Waals surface area contributed by atoms with Crippen molar-refractivity contribution >= 4 is 11.3 Å².